The van der Waals surface area contributed by atoms with E-state index in [0.29, 0.717) is 11.2 Å². The van der Waals surface area contributed by atoms with E-state index in [1.807, 2.05) is 30.3 Å². The minimum Gasteiger partial charge on any atom is -0.497 e. The van der Waals surface area contributed by atoms with E-state index in [0.717, 1.165) is 21.7 Å². The highest BCUT2D eigenvalue weighted by atomic mass is 79.9. The Kier molecular flexibility index (Phi) is 4.12. The summed E-state index contributed by atoms with van der Waals surface area (Å²) in [6, 6.07) is 9.69. The van der Waals surface area contributed by atoms with Crippen molar-refractivity contribution >= 4 is 37.5 Å². The summed E-state index contributed by atoms with van der Waals surface area (Å²) in [5.74, 6) is 1.71. The lowest BCUT2D eigenvalue weighted by atomic mass is 10.3. The van der Waals surface area contributed by atoms with Crippen molar-refractivity contribution in [2.45, 2.75) is 6.54 Å². The van der Waals surface area contributed by atoms with Gasteiger partial charge in [0, 0.05) is 5.69 Å². The normalized spacial score (nSPS) is 10.3. The summed E-state index contributed by atoms with van der Waals surface area (Å²) in [4.78, 5) is 0. The van der Waals surface area contributed by atoms with E-state index in [4.69, 9.17) is 9.15 Å². The van der Waals surface area contributed by atoms with Crippen LogP contribution in [0.3, 0.4) is 0 Å². The minimum atomic E-state index is 0.635. The third kappa shape index (κ3) is 3.26. The molecule has 5 heteroatoms. The lowest BCUT2D eigenvalue weighted by molar-refractivity contribution is 0.415. The summed E-state index contributed by atoms with van der Waals surface area (Å²) >= 11 is 6.68. The van der Waals surface area contributed by atoms with E-state index in [9.17, 15) is 0 Å². The average Bonchev–Trinajstić information content (AvgIpc) is 2.67. The molecular weight excluding hydrogens is 350 g/mol. The Labute approximate surface area is 116 Å². The second-order valence-corrected chi connectivity index (χ2v) is 4.99. The molecule has 0 amide bonds. The van der Waals surface area contributed by atoms with E-state index in [2.05, 4.69) is 37.2 Å². The zero-order chi connectivity index (χ0) is 12.3. The van der Waals surface area contributed by atoms with Gasteiger partial charge in [-0.05, 0) is 62.2 Å². The molecule has 0 saturated heterocycles. The zero-order valence-corrected chi connectivity index (χ0v) is 12.3. The van der Waals surface area contributed by atoms with Gasteiger partial charge in [0.05, 0.1) is 18.1 Å². The number of methoxy groups -OCH3 is 1. The lowest BCUT2D eigenvalue weighted by Gasteiger charge is -2.05. The molecule has 0 radical (unpaired) electrons. The van der Waals surface area contributed by atoms with Crippen LogP contribution in [0.25, 0.3) is 0 Å². The first-order valence-corrected chi connectivity index (χ1v) is 6.59. The molecule has 0 aliphatic carbocycles. The largest absolute Gasteiger partial charge is 0.497 e. The van der Waals surface area contributed by atoms with Crippen LogP contribution in [0.4, 0.5) is 5.69 Å². The molecule has 1 aromatic carbocycles. The van der Waals surface area contributed by atoms with E-state index in [1.54, 1.807) is 7.11 Å². The number of rotatable bonds is 4. The number of nitrogens with one attached hydrogen (secondary N) is 1. The second kappa shape index (κ2) is 5.60. The van der Waals surface area contributed by atoms with Gasteiger partial charge in [-0.2, -0.15) is 0 Å². The Morgan fingerprint density at radius 2 is 1.94 bits per heavy atom. The third-order valence-corrected chi connectivity index (χ3v) is 3.96. The van der Waals surface area contributed by atoms with Gasteiger partial charge in [-0.1, -0.05) is 0 Å². The predicted octanol–water partition coefficient (Wildman–Crippen LogP) is 4.43. The Bertz CT molecular complexity index is 474. The fourth-order valence-corrected chi connectivity index (χ4v) is 2.04. The fourth-order valence-electron chi connectivity index (χ4n) is 1.38. The summed E-state index contributed by atoms with van der Waals surface area (Å²) in [5.41, 5.74) is 1.02. The zero-order valence-electron chi connectivity index (χ0n) is 9.17. The topological polar surface area (TPSA) is 34.4 Å². The van der Waals surface area contributed by atoms with Gasteiger partial charge in [-0.25, -0.2) is 0 Å². The number of furan rings is 1. The highest BCUT2D eigenvalue weighted by molar-refractivity contribution is 9.13. The number of hydrogen-bond donors (Lipinski definition) is 1. The van der Waals surface area contributed by atoms with Crippen molar-refractivity contribution in [1.29, 1.82) is 0 Å². The molecule has 2 aromatic rings. The van der Waals surface area contributed by atoms with Crippen molar-refractivity contribution in [2.24, 2.45) is 0 Å². The molecule has 0 aliphatic heterocycles. The molecule has 0 saturated carbocycles. The smallest absolute Gasteiger partial charge is 0.183 e. The first kappa shape index (κ1) is 12.5. The van der Waals surface area contributed by atoms with Crippen LogP contribution in [-0.2, 0) is 6.54 Å². The predicted molar refractivity (Wildman–Crippen MR) is 74.4 cm³/mol. The van der Waals surface area contributed by atoms with Crippen LogP contribution in [0.2, 0.25) is 0 Å². The fraction of sp³-hybridized carbons (Fsp3) is 0.167. The maximum Gasteiger partial charge on any atom is 0.183 e. The standard InChI is InChI=1S/C12H11Br2NO2/c1-16-9-4-2-8(3-5-9)15-7-10-6-11(13)12(14)17-10/h2-6,15H,7H2,1H3. The van der Waals surface area contributed by atoms with Gasteiger partial charge in [0.1, 0.15) is 11.5 Å². The first-order valence-electron chi connectivity index (χ1n) is 5.00. The monoisotopic (exact) mass is 359 g/mol. The number of ether oxygens (including phenoxy) is 1. The summed E-state index contributed by atoms with van der Waals surface area (Å²) < 4.78 is 12.2. The van der Waals surface area contributed by atoms with Crippen LogP contribution >= 0.6 is 31.9 Å². The molecule has 0 unspecified atom stereocenters. The molecule has 1 heterocycles. The SMILES string of the molecule is COc1ccc(NCc2cc(Br)c(Br)o2)cc1. The van der Waals surface area contributed by atoms with Gasteiger partial charge >= 0.3 is 0 Å². The van der Waals surface area contributed by atoms with E-state index >= 15 is 0 Å². The molecular formula is C12H11Br2NO2. The lowest BCUT2D eigenvalue weighted by Crippen LogP contribution is -1.97. The van der Waals surface area contributed by atoms with Gasteiger partial charge in [0.15, 0.2) is 4.67 Å². The molecule has 17 heavy (non-hydrogen) atoms. The molecule has 0 bridgehead atoms. The summed E-state index contributed by atoms with van der Waals surface area (Å²) in [6.07, 6.45) is 0. The summed E-state index contributed by atoms with van der Waals surface area (Å²) in [6.45, 7) is 0.635. The molecule has 2 rings (SSSR count). The van der Waals surface area contributed by atoms with Crippen molar-refractivity contribution in [3.05, 3.63) is 45.2 Å². The number of hydrogen-bond acceptors (Lipinski definition) is 3. The van der Waals surface area contributed by atoms with Crippen LogP contribution in [0, 0.1) is 0 Å². The second-order valence-electron chi connectivity index (χ2n) is 3.42. The van der Waals surface area contributed by atoms with Gasteiger partial charge in [0.25, 0.3) is 0 Å². The Balaban J connectivity index is 1.97. The Morgan fingerprint density at radius 3 is 2.47 bits per heavy atom. The Hall–Kier alpha value is -0.940. The van der Waals surface area contributed by atoms with Gasteiger partial charge in [-0.3, -0.25) is 0 Å². The van der Waals surface area contributed by atoms with Gasteiger partial charge in [-0.15, -0.1) is 0 Å². The van der Waals surface area contributed by atoms with E-state index in [-0.39, 0.29) is 0 Å². The number of anilines is 1. The maximum atomic E-state index is 5.46. The maximum absolute atomic E-state index is 5.46. The van der Waals surface area contributed by atoms with Crippen LogP contribution in [-0.4, -0.2) is 7.11 Å². The molecule has 0 fully saturated rings. The molecule has 1 aromatic heterocycles. The minimum absolute atomic E-state index is 0.635. The van der Waals surface area contributed by atoms with E-state index < -0.39 is 0 Å². The quantitative estimate of drug-likeness (QED) is 0.875. The van der Waals surface area contributed by atoms with Crippen LogP contribution in [0.15, 0.2) is 43.9 Å². The third-order valence-electron chi connectivity index (χ3n) is 2.25. The van der Waals surface area contributed by atoms with Crippen LogP contribution in [0.1, 0.15) is 5.76 Å². The summed E-state index contributed by atoms with van der Waals surface area (Å²) in [5, 5.41) is 3.26. The number of halogens is 2. The molecule has 0 atom stereocenters. The van der Waals surface area contributed by atoms with Crippen molar-refractivity contribution in [3.63, 3.8) is 0 Å². The van der Waals surface area contributed by atoms with Crippen molar-refractivity contribution in [2.75, 3.05) is 12.4 Å². The number of benzene rings is 1. The van der Waals surface area contributed by atoms with Gasteiger partial charge in [0.2, 0.25) is 0 Å². The molecule has 3 nitrogen and oxygen atoms in total. The molecule has 90 valence electrons. The van der Waals surface area contributed by atoms with E-state index in [1.165, 1.54) is 0 Å². The first-order chi connectivity index (χ1) is 8.19. The van der Waals surface area contributed by atoms with Crippen LogP contribution < -0.4 is 10.1 Å². The Morgan fingerprint density at radius 1 is 1.24 bits per heavy atom. The van der Waals surface area contributed by atoms with Gasteiger partial charge < -0.3 is 14.5 Å². The highest BCUT2D eigenvalue weighted by Crippen LogP contribution is 2.27. The molecule has 1 N–H and O–H groups in total. The molecule has 0 spiro atoms. The summed E-state index contributed by atoms with van der Waals surface area (Å²) in [7, 11) is 1.65. The van der Waals surface area contributed by atoms with Crippen molar-refractivity contribution in [1.82, 2.24) is 0 Å². The van der Waals surface area contributed by atoms with Crippen LogP contribution in [0.5, 0.6) is 5.75 Å². The average molecular weight is 361 g/mol. The van der Waals surface area contributed by atoms with Crippen molar-refractivity contribution < 1.29 is 9.15 Å². The van der Waals surface area contributed by atoms with Crippen molar-refractivity contribution in [3.8, 4) is 5.75 Å². The highest BCUT2D eigenvalue weighted by Gasteiger charge is 2.05. The molecule has 0 aliphatic rings.